The van der Waals surface area contributed by atoms with Crippen molar-refractivity contribution in [2.24, 2.45) is 0 Å². The van der Waals surface area contributed by atoms with Gasteiger partial charge >= 0.3 is 0 Å². The molecule has 1 unspecified atom stereocenters. The minimum atomic E-state index is -0.812. The van der Waals surface area contributed by atoms with Crippen LogP contribution in [0.1, 0.15) is 17.5 Å². The molecular weight excluding hydrogens is 411 g/mol. The lowest BCUT2D eigenvalue weighted by Gasteiger charge is -2.13. The highest BCUT2D eigenvalue weighted by Gasteiger charge is 2.21. The predicted molar refractivity (Wildman–Crippen MR) is 107 cm³/mol. The van der Waals surface area contributed by atoms with E-state index in [1.165, 1.54) is 35.8 Å². The van der Waals surface area contributed by atoms with Crippen molar-refractivity contribution in [1.82, 2.24) is 15.5 Å². The minimum Gasteiger partial charge on any atom is -0.459 e. The van der Waals surface area contributed by atoms with Gasteiger partial charge in [0.1, 0.15) is 16.7 Å². The van der Waals surface area contributed by atoms with Crippen LogP contribution in [0.3, 0.4) is 0 Å². The molecule has 0 aliphatic carbocycles. The van der Waals surface area contributed by atoms with Gasteiger partial charge < -0.3 is 19.6 Å². The fraction of sp³-hybridized carbons (Fsp3) is 0.100. The van der Waals surface area contributed by atoms with Crippen LogP contribution in [0, 0.1) is 5.82 Å². The summed E-state index contributed by atoms with van der Waals surface area (Å²) in [6.07, 6.45) is 1.38. The largest absolute Gasteiger partial charge is 0.459 e. The van der Waals surface area contributed by atoms with E-state index in [4.69, 9.17) is 8.94 Å². The smallest absolute Gasteiger partial charge is 0.287 e. The maximum atomic E-state index is 13.1. The van der Waals surface area contributed by atoms with Gasteiger partial charge in [-0.3, -0.25) is 9.59 Å². The number of benzene rings is 1. The van der Waals surface area contributed by atoms with Crippen LogP contribution in [0.15, 0.2) is 63.0 Å². The molecule has 10 heteroatoms. The van der Waals surface area contributed by atoms with E-state index in [-0.39, 0.29) is 17.5 Å². The van der Waals surface area contributed by atoms with Crippen LogP contribution in [0.25, 0.3) is 22.2 Å². The number of amides is 2. The third-order valence-corrected chi connectivity index (χ3v) is 5.03. The molecular formula is C20H15FN4O4S. The van der Waals surface area contributed by atoms with Crippen molar-refractivity contribution in [3.05, 3.63) is 65.7 Å². The quantitative estimate of drug-likeness (QED) is 0.483. The van der Waals surface area contributed by atoms with Crippen LogP contribution >= 0.6 is 11.3 Å². The highest BCUT2D eigenvalue weighted by molar-refractivity contribution is 7.14. The topological polar surface area (TPSA) is 110 Å². The van der Waals surface area contributed by atoms with E-state index >= 15 is 0 Å². The molecule has 1 atom stereocenters. The second kappa shape index (κ2) is 8.29. The van der Waals surface area contributed by atoms with Crippen molar-refractivity contribution in [2.45, 2.75) is 13.0 Å². The molecule has 4 rings (SSSR count). The van der Waals surface area contributed by atoms with Crippen molar-refractivity contribution in [3.63, 3.8) is 0 Å². The van der Waals surface area contributed by atoms with Gasteiger partial charge in [0.2, 0.25) is 11.7 Å². The Hall–Kier alpha value is -3.79. The first kappa shape index (κ1) is 19.5. The molecule has 8 nitrogen and oxygen atoms in total. The number of furan rings is 1. The maximum Gasteiger partial charge on any atom is 0.287 e. The SMILES string of the molecule is CC(NC(=O)c1ccco1)C(=O)Nc1ccsc1-c1nc(-c2ccc(F)cc2)no1. The lowest BCUT2D eigenvalue weighted by atomic mass is 10.2. The average Bonchev–Trinajstić information content (AvgIpc) is 3.49. The van der Waals surface area contributed by atoms with Gasteiger partial charge in [-0.1, -0.05) is 5.16 Å². The van der Waals surface area contributed by atoms with Gasteiger partial charge in [-0.2, -0.15) is 4.98 Å². The summed E-state index contributed by atoms with van der Waals surface area (Å²) in [4.78, 5) is 29.4. The summed E-state index contributed by atoms with van der Waals surface area (Å²) in [5, 5.41) is 11.0. The number of nitrogens with one attached hydrogen (secondary N) is 2. The number of thiophene rings is 1. The van der Waals surface area contributed by atoms with Gasteiger partial charge in [0.15, 0.2) is 5.76 Å². The van der Waals surface area contributed by atoms with Crippen molar-refractivity contribution in [1.29, 1.82) is 0 Å². The Morgan fingerprint density at radius 3 is 2.70 bits per heavy atom. The Kier molecular flexibility index (Phi) is 5.40. The van der Waals surface area contributed by atoms with Crippen molar-refractivity contribution in [2.75, 3.05) is 5.32 Å². The fourth-order valence-electron chi connectivity index (χ4n) is 2.59. The number of carbonyl (C=O) groups is 2. The minimum absolute atomic E-state index is 0.116. The first-order valence-electron chi connectivity index (χ1n) is 8.84. The standard InChI is InChI=1S/C20H15FN4O4S/c1-11(22-19(27)15-3-2-9-28-15)18(26)23-14-8-10-30-16(14)20-24-17(25-29-20)12-4-6-13(21)7-5-12/h2-11H,1H3,(H,22,27)(H,23,26). The molecule has 2 N–H and O–H groups in total. The second-order valence-corrected chi connectivity index (χ2v) is 7.17. The number of aromatic nitrogens is 2. The molecule has 0 aliphatic heterocycles. The lowest BCUT2D eigenvalue weighted by Crippen LogP contribution is -2.41. The third-order valence-electron chi connectivity index (χ3n) is 4.13. The van der Waals surface area contributed by atoms with Crippen molar-refractivity contribution >= 4 is 28.8 Å². The molecule has 2 amide bonds. The van der Waals surface area contributed by atoms with Gasteiger partial charge in [0, 0.05) is 5.56 Å². The van der Waals surface area contributed by atoms with Crippen molar-refractivity contribution in [3.8, 4) is 22.2 Å². The van der Waals surface area contributed by atoms with Gasteiger partial charge in [-0.05, 0) is 54.8 Å². The van der Waals surface area contributed by atoms with Crippen LogP contribution in [-0.4, -0.2) is 28.0 Å². The van der Waals surface area contributed by atoms with E-state index in [0.717, 1.165) is 0 Å². The molecule has 0 radical (unpaired) electrons. The Morgan fingerprint density at radius 1 is 1.17 bits per heavy atom. The molecule has 0 spiro atoms. The zero-order chi connectivity index (χ0) is 21.1. The summed E-state index contributed by atoms with van der Waals surface area (Å²) in [6, 6.07) is 9.68. The summed E-state index contributed by atoms with van der Waals surface area (Å²) in [5.41, 5.74) is 1.07. The van der Waals surface area contributed by atoms with E-state index < -0.39 is 17.9 Å². The lowest BCUT2D eigenvalue weighted by molar-refractivity contribution is -0.117. The van der Waals surface area contributed by atoms with E-state index in [1.807, 2.05) is 0 Å². The zero-order valence-electron chi connectivity index (χ0n) is 15.6. The number of nitrogens with zero attached hydrogens (tertiary/aromatic N) is 2. The van der Waals surface area contributed by atoms with Crippen LogP contribution in [0.4, 0.5) is 10.1 Å². The predicted octanol–water partition coefficient (Wildman–Crippen LogP) is 3.95. The molecule has 3 heterocycles. The number of hydrogen-bond donors (Lipinski definition) is 2. The number of halogens is 1. The van der Waals surface area contributed by atoms with E-state index in [2.05, 4.69) is 20.8 Å². The second-order valence-electron chi connectivity index (χ2n) is 6.26. The Balaban J connectivity index is 1.46. The summed E-state index contributed by atoms with van der Waals surface area (Å²) < 4.78 is 23.4. The summed E-state index contributed by atoms with van der Waals surface area (Å²) in [5.74, 6) is -0.646. The number of carbonyl (C=O) groups excluding carboxylic acids is 2. The molecule has 152 valence electrons. The highest BCUT2D eigenvalue weighted by Crippen LogP contribution is 2.33. The molecule has 0 aliphatic rings. The van der Waals surface area contributed by atoms with Gasteiger partial charge in [0.05, 0.1) is 12.0 Å². The maximum absolute atomic E-state index is 13.1. The van der Waals surface area contributed by atoms with Gasteiger partial charge in [-0.25, -0.2) is 4.39 Å². The normalized spacial score (nSPS) is 11.8. The first-order valence-corrected chi connectivity index (χ1v) is 9.72. The zero-order valence-corrected chi connectivity index (χ0v) is 16.4. The molecule has 1 aromatic carbocycles. The molecule has 0 bridgehead atoms. The Labute approximate surface area is 173 Å². The van der Waals surface area contributed by atoms with Crippen LogP contribution in [0.5, 0.6) is 0 Å². The Morgan fingerprint density at radius 2 is 1.97 bits per heavy atom. The van der Waals surface area contributed by atoms with Crippen molar-refractivity contribution < 1.29 is 22.9 Å². The first-order chi connectivity index (χ1) is 14.5. The van der Waals surface area contributed by atoms with Gasteiger partial charge in [-0.15, -0.1) is 11.3 Å². The highest BCUT2D eigenvalue weighted by atomic mass is 32.1. The number of rotatable bonds is 6. The van der Waals surface area contributed by atoms with Crippen LogP contribution in [0.2, 0.25) is 0 Å². The van der Waals surface area contributed by atoms with Gasteiger partial charge in [0.25, 0.3) is 11.8 Å². The molecule has 30 heavy (non-hydrogen) atoms. The molecule has 0 fully saturated rings. The monoisotopic (exact) mass is 426 g/mol. The van der Waals surface area contributed by atoms with Crippen LogP contribution in [-0.2, 0) is 4.79 Å². The average molecular weight is 426 g/mol. The van der Waals surface area contributed by atoms with E-state index in [1.54, 1.807) is 36.6 Å². The van der Waals surface area contributed by atoms with E-state index in [9.17, 15) is 14.0 Å². The molecule has 0 saturated heterocycles. The Bertz CT molecular complexity index is 1170. The molecule has 0 saturated carbocycles. The summed E-state index contributed by atoms with van der Waals surface area (Å²) in [6.45, 7) is 1.56. The fourth-order valence-corrected chi connectivity index (χ4v) is 3.36. The van der Waals surface area contributed by atoms with E-state index in [0.29, 0.717) is 22.0 Å². The number of hydrogen-bond acceptors (Lipinski definition) is 7. The third kappa shape index (κ3) is 4.13. The summed E-state index contributed by atoms with van der Waals surface area (Å²) in [7, 11) is 0. The van der Waals surface area contributed by atoms with Crippen LogP contribution < -0.4 is 10.6 Å². The number of anilines is 1. The molecule has 4 aromatic rings. The summed E-state index contributed by atoms with van der Waals surface area (Å²) >= 11 is 1.31. The molecule has 3 aromatic heterocycles.